The van der Waals surface area contributed by atoms with Gasteiger partial charge in [-0.15, -0.1) is 0 Å². The van der Waals surface area contributed by atoms with Crippen LogP contribution in [-0.2, 0) is 43.2 Å². The number of carbonyl (C=O) groups excluding carboxylic acids is 8. The lowest BCUT2D eigenvalue weighted by atomic mass is 10.1. The summed E-state index contributed by atoms with van der Waals surface area (Å²) in [6.07, 6.45) is 1.29. The van der Waals surface area contributed by atoms with Gasteiger partial charge in [-0.2, -0.15) is 0 Å². The molecule has 0 unspecified atom stereocenters. The number of carbonyl (C=O) groups is 9. The summed E-state index contributed by atoms with van der Waals surface area (Å²) in [6.45, 7) is 1.73. The lowest BCUT2D eigenvalue weighted by Crippen LogP contribution is -2.60. The van der Waals surface area contributed by atoms with E-state index in [0.717, 1.165) is 6.92 Å². The fraction of sp³-hybridized carbons (Fsp3) is 0.710. The summed E-state index contributed by atoms with van der Waals surface area (Å²) < 4.78 is 2.59. The van der Waals surface area contributed by atoms with E-state index in [9.17, 15) is 63.6 Å². The van der Waals surface area contributed by atoms with Crippen LogP contribution in [0.15, 0.2) is 0 Å². The molecule has 0 aromatic carbocycles. The molecular weight excluding hydrogens is 740 g/mol. The Bertz CT molecular complexity index is 1310. The Balaban J connectivity index is 5.06. The number of aliphatic hydroxyl groups is 4. The molecule has 0 saturated carbocycles. The smallest absolute Gasteiger partial charge is 0.306 e. The van der Waals surface area contributed by atoms with Crippen molar-refractivity contribution in [3.63, 3.8) is 0 Å². The fourth-order valence-electron chi connectivity index (χ4n) is 4.31. The van der Waals surface area contributed by atoms with Gasteiger partial charge < -0.3 is 62.8 Å². The Morgan fingerprint density at radius 1 is 0.537 bits per heavy atom. The molecule has 0 heterocycles. The number of aliphatic hydroxyl groups excluding tert-OH is 4. The Labute approximate surface area is 317 Å². The Kier molecular flexibility index (Phi) is 24.2. The lowest BCUT2D eigenvalue weighted by molar-refractivity contribution is -0.141. The summed E-state index contributed by atoms with van der Waals surface area (Å²) in [5, 5.41) is 63.2. The Hall–Kier alpha value is -4.42. The third-order valence-electron chi connectivity index (χ3n) is 7.88. The van der Waals surface area contributed by atoms with Crippen molar-refractivity contribution in [1.29, 1.82) is 0 Å². The standard InChI is InChI=1S/C31H54N8O14S/c1-15(31(52)53)8-9-24(45)35-20(11-40)29(50)37-22(13-42)28(49)34-17(3)26(47)36-23(14-43)30(51)38-21(12-41)27(48)33-16(2)25(46)32-10-6-5-7-19(39-54)18(4)44/h15-17,19-23,39-43,54H,5-14H2,1-4H3,(H,32,46)(H,33,48)(H,34,49)(H,35,45)(H,36,47)(H,37,50)(H,38,51)(H,52,53)/t15-,16-,17-,19-,20-,21-,22-,23-/m0/s1. The van der Waals surface area contributed by atoms with Crippen molar-refractivity contribution in [3.8, 4) is 0 Å². The summed E-state index contributed by atoms with van der Waals surface area (Å²) in [5.41, 5.74) is 0. The summed E-state index contributed by atoms with van der Waals surface area (Å²) in [4.78, 5) is 110. The van der Waals surface area contributed by atoms with Gasteiger partial charge in [0.25, 0.3) is 0 Å². The first kappa shape index (κ1) is 49.6. The molecule has 0 spiro atoms. The number of rotatable bonds is 27. The van der Waals surface area contributed by atoms with E-state index in [1.807, 2.05) is 0 Å². The minimum absolute atomic E-state index is 0.0540. The second kappa shape index (κ2) is 26.4. The minimum Gasteiger partial charge on any atom is -0.481 e. The number of hydrogen-bond acceptors (Lipinski definition) is 15. The van der Waals surface area contributed by atoms with Crippen molar-refractivity contribution in [2.45, 2.75) is 102 Å². The van der Waals surface area contributed by atoms with Gasteiger partial charge in [0, 0.05) is 13.0 Å². The van der Waals surface area contributed by atoms with Gasteiger partial charge in [-0.3, -0.25) is 47.9 Å². The zero-order valence-corrected chi connectivity index (χ0v) is 31.4. The average Bonchev–Trinajstić information content (AvgIpc) is 3.13. The van der Waals surface area contributed by atoms with Crippen molar-refractivity contribution in [2.75, 3.05) is 33.0 Å². The van der Waals surface area contributed by atoms with Crippen LogP contribution < -0.4 is 41.9 Å². The quantitative estimate of drug-likeness (QED) is 0.0272. The van der Waals surface area contributed by atoms with E-state index in [2.05, 4.69) is 54.8 Å². The van der Waals surface area contributed by atoms with Gasteiger partial charge in [0.15, 0.2) is 0 Å². The van der Waals surface area contributed by atoms with Crippen molar-refractivity contribution in [2.24, 2.45) is 5.92 Å². The molecule has 0 aliphatic rings. The summed E-state index contributed by atoms with van der Waals surface area (Å²) in [6, 6.07) is -9.51. The number of carboxylic acid groups (broad SMARTS) is 1. The van der Waals surface area contributed by atoms with Crippen LogP contribution >= 0.6 is 12.8 Å². The van der Waals surface area contributed by atoms with E-state index in [1.54, 1.807) is 0 Å². The minimum atomic E-state index is -1.69. The van der Waals surface area contributed by atoms with Gasteiger partial charge in [-0.25, -0.2) is 0 Å². The molecule has 13 N–H and O–H groups in total. The van der Waals surface area contributed by atoms with E-state index < -0.39 is 122 Å². The van der Waals surface area contributed by atoms with E-state index in [-0.39, 0.29) is 25.2 Å². The van der Waals surface area contributed by atoms with Crippen LogP contribution in [0.2, 0.25) is 0 Å². The predicted octanol–water partition coefficient (Wildman–Crippen LogP) is -5.92. The van der Waals surface area contributed by atoms with Crippen LogP contribution in [0, 0.1) is 5.92 Å². The first-order chi connectivity index (χ1) is 25.4. The molecule has 308 valence electrons. The first-order valence-corrected chi connectivity index (χ1v) is 17.5. The molecule has 0 aliphatic heterocycles. The van der Waals surface area contributed by atoms with E-state index in [4.69, 9.17) is 5.11 Å². The monoisotopic (exact) mass is 794 g/mol. The van der Waals surface area contributed by atoms with E-state index in [0.29, 0.717) is 19.3 Å². The SMILES string of the molecule is CC(=O)[C@H](CCCCNC(=O)[C@H](C)NC(=O)[C@H](CO)NC(=O)[C@H](CO)NC(=O)[C@H](C)NC(=O)[C@H](CO)NC(=O)[C@H](CO)NC(=O)CC[C@H](C)C(=O)O)NS. The van der Waals surface area contributed by atoms with Crippen molar-refractivity contribution in [1.82, 2.24) is 41.9 Å². The molecule has 0 fully saturated rings. The Morgan fingerprint density at radius 3 is 1.35 bits per heavy atom. The molecule has 23 heteroatoms. The molecular formula is C31H54N8O14S. The first-order valence-electron chi connectivity index (χ1n) is 17.0. The molecule has 0 saturated heterocycles. The summed E-state index contributed by atoms with van der Waals surface area (Å²) >= 11 is 3.90. The third-order valence-corrected chi connectivity index (χ3v) is 8.19. The maximum Gasteiger partial charge on any atom is 0.306 e. The number of Topliss-reactive ketones (excluding diaryl/α,β-unsaturated/α-hetero) is 1. The maximum atomic E-state index is 12.8. The Morgan fingerprint density at radius 2 is 0.944 bits per heavy atom. The highest BCUT2D eigenvalue weighted by atomic mass is 32.1. The number of unbranched alkanes of at least 4 members (excludes halogenated alkanes) is 1. The van der Waals surface area contributed by atoms with Gasteiger partial charge in [0.1, 0.15) is 42.0 Å². The molecule has 0 rings (SSSR count). The van der Waals surface area contributed by atoms with Crippen LogP contribution in [0.4, 0.5) is 0 Å². The van der Waals surface area contributed by atoms with Crippen LogP contribution in [0.3, 0.4) is 0 Å². The third kappa shape index (κ3) is 18.6. The second-order valence-corrected chi connectivity index (χ2v) is 12.6. The molecule has 7 amide bonds. The number of ketones is 1. The molecule has 0 aromatic heterocycles. The van der Waals surface area contributed by atoms with Crippen molar-refractivity contribution in [3.05, 3.63) is 0 Å². The predicted molar refractivity (Wildman–Crippen MR) is 191 cm³/mol. The van der Waals surface area contributed by atoms with Gasteiger partial charge in [0.2, 0.25) is 41.4 Å². The van der Waals surface area contributed by atoms with Gasteiger partial charge in [-0.1, -0.05) is 19.7 Å². The highest BCUT2D eigenvalue weighted by Gasteiger charge is 2.31. The molecule has 54 heavy (non-hydrogen) atoms. The van der Waals surface area contributed by atoms with Crippen molar-refractivity contribution >= 4 is 65.9 Å². The molecule has 22 nitrogen and oxygen atoms in total. The number of nitrogens with one attached hydrogen (secondary N) is 8. The zero-order valence-electron chi connectivity index (χ0n) is 30.5. The lowest BCUT2D eigenvalue weighted by Gasteiger charge is -2.24. The van der Waals surface area contributed by atoms with Gasteiger partial charge in [0.05, 0.1) is 38.4 Å². The molecule has 0 aromatic rings. The zero-order chi connectivity index (χ0) is 41.5. The van der Waals surface area contributed by atoms with Crippen LogP contribution in [0.25, 0.3) is 0 Å². The fourth-order valence-corrected chi connectivity index (χ4v) is 4.62. The number of thiol groups is 1. The number of carboxylic acids is 1. The highest BCUT2D eigenvalue weighted by Crippen LogP contribution is 2.06. The van der Waals surface area contributed by atoms with Crippen LogP contribution in [0.5, 0.6) is 0 Å². The van der Waals surface area contributed by atoms with Gasteiger partial charge in [-0.05, 0) is 46.5 Å². The van der Waals surface area contributed by atoms with Crippen molar-refractivity contribution < 1.29 is 68.7 Å². The highest BCUT2D eigenvalue weighted by molar-refractivity contribution is 7.78. The maximum absolute atomic E-state index is 12.8. The molecule has 8 atom stereocenters. The van der Waals surface area contributed by atoms with E-state index in [1.165, 1.54) is 20.8 Å². The van der Waals surface area contributed by atoms with E-state index >= 15 is 0 Å². The molecule has 0 bridgehead atoms. The molecule has 0 radical (unpaired) electrons. The number of aliphatic carboxylic acids is 1. The second-order valence-electron chi connectivity index (χ2n) is 12.4. The van der Waals surface area contributed by atoms with Crippen LogP contribution in [-0.4, -0.2) is 154 Å². The largest absolute Gasteiger partial charge is 0.481 e. The summed E-state index contributed by atoms with van der Waals surface area (Å²) in [5.74, 6) is -8.69. The molecule has 0 aliphatic carbocycles. The van der Waals surface area contributed by atoms with Gasteiger partial charge >= 0.3 is 5.97 Å². The average molecular weight is 795 g/mol. The number of amides is 7. The normalized spacial score (nSPS) is 15.4. The number of hydrogen-bond donors (Lipinski definition) is 14. The topological polar surface area (TPSA) is 351 Å². The van der Waals surface area contributed by atoms with Crippen LogP contribution in [0.1, 0.15) is 59.8 Å². The summed E-state index contributed by atoms with van der Waals surface area (Å²) in [7, 11) is 0.